The van der Waals surface area contributed by atoms with E-state index in [0.29, 0.717) is 24.5 Å². The van der Waals surface area contributed by atoms with Crippen molar-refractivity contribution in [3.8, 4) is 17.1 Å². The number of anilines is 1. The van der Waals surface area contributed by atoms with Crippen LogP contribution in [-0.4, -0.2) is 28.2 Å². The number of hydrogen-bond acceptors (Lipinski definition) is 5. The van der Waals surface area contributed by atoms with Crippen molar-refractivity contribution in [2.24, 2.45) is 5.73 Å². The third kappa shape index (κ3) is 2.58. The Hall–Kier alpha value is -2.66. The third-order valence-electron chi connectivity index (χ3n) is 3.51. The van der Waals surface area contributed by atoms with E-state index >= 15 is 0 Å². The number of hydrogen-bond donors (Lipinski definition) is 3. The van der Waals surface area contributed by atoms with E-state index in [2.05, 4.69) is 15.3 Å². The number of aromatic nitrogens is 2. The van der Waals surface area contributed by atoms with Gasteiger partial charge in [-0.3, -0.25) is 0 Å². The number of fused-ring (bicyclic) bond motifs is 1. The second kappa shape index (κ2) is 5.99. The molecule has 1 aromatic heterocycles. The fourth-order valence-corrected chi connectivity index (χ4v) is 2.40. The van der Waals surface area contributed by atoms with Crippen LogP contribution < -0.4 is 11.1 Å². The van der Waals surface area contributed by atoms with Gasteiger partial charge in [-0.2, -0.15) is 0 Å². The molecule has 0 unspecified atom stereocenters. The van der Waals surface area contributed by atoms with Crippen molar-refractivity contribution >= 4 is 16.7 Å². The Morgan fingerprint density at radius 3 is 2.68 bits per heavy atom. The standard InChI is InChI=1S/C17H18N4O/c1-11-5-4-7-13-15(11)20-17(21-16(13)19-10-9-18)12-6-2-3-8-14(12)22/h2-8,22H,9-10,18H2,1H3,(H,19,20,21). The normalized spacial score (nSPS) is 10.8. The van der Waals surface area contributed by atoms with Crippen molar-refractivity contribution in [1.29, 1.82) is 0 Å². The number of aryl methyl sites for hydroxylation is 1. The van der Waals surface area contributed by atoms with Crippen molar-refractivity contribution in [3.63, 3.8) is 0 Å². The molecule has 3 rings (SSSR count). The maximum absolute atomic E-state index is 10.1. The summed E-state index contributed by atoms with van der Waals surface area (Å²) < 4.78 is 0. The molecule has 0 spiro atoms. The summed E-state index contributed by atoms with van der Waals surface area (Å²) in [4.78, 5) is 9.21. The molecule has 0 fully saturated rings. The zero-order valence-corrected chi connectivity index (χ0v) is 12.4. The van der Waals surface area contributed by atoms with Gasteiger partial charge in [0.25, 0.3) is 0 Å². The van der Waals surface area contributed by atoms with E-state index in [-0.39, 0.29) is 5.75 Å². The fraction of sp³-hybridized carbons (Fsp3) is 0.176. The average Bonchev–Trinajstić information content (AvgIpc) is 2.53. The smallest absolute Gasteiger partial charge is 0.165 e. The zero-order chi connectivity index (χ0) is 15.5. The van der Waals surface area contributed by atoms with Gasteiger partial charge < -0.3 is 16.2 Å². The first-order valence-electron chi connectivity index (χ1n) is 7.20. The predicted octanol–water partition coefficient (Wildman–Crippen LogP) is 2.68. The van der Waals surface area contributed by atoms with Crippen molar-refractivity contribution in [3.05, 3.63) is 48.0 Å². The number of nitrogens with one attached hydrogen (secondary N) is 1. The summed E-state index contributed by atoms with van der Waals surface area (Å²) >= 11 is 0. The summed E-state index contributed by atoms with van der Waals surface area (Å²) in [7, 11) is 0. The lowest BCUT2D eigenvalue weighted by atomic mass is 10.1. The zero-order valence-electron chi connectivity index (χ0n) is 12.4. The van der Waals surface area contributed by atoms with Crippen molar-refractivity contribution in [2.45, 2.75) is 6.92 Å². The number of nitrogens with zero attached hydrogens (tertiary/aromatic N) is 2. The van der Waals surface area contributed by atoms with Crippen LogP contribution in [0.2, 0.25) is 0 Å². The second-order valence-corrected chi connectivity index (χ2v) is 5.10. The van der Waals surface area contributed by atoms with Gasteiger partial charge in [0.15, 0.2) is 5.82 Å². The Kier molecular flexibility index (Phi) is 3.89. The minimum atomic E-state index is 0.167. The maximum atomic E-state index is 10.1. The minimum absolute atomic E-state index is 0.167. The van der Waals surface area contributed by atoms with Gasteiger partial charge in [-0.1, -0.05) is 24.3 Å². The summed E-state index contributed by atoms with van der Waals surface area (Å²) in [5, 5.41) is 14.2. The van der Waals surface area contributed by atoms with E-state index < -0.39 is 0 Å². The molecule has 4 N–H and O–H groups in total. The highest BCUT2D eigenvalue weighted by atomic mass is 16.3. The van der Waals surface area contributed by atoms with Crippen molar-refractivity contribution in [2.75, 3.05) is 18.4 Å². The molecular weight excluding hydrogens is 276 g/mol. The van der Waals surface area contributed by atoms with Crippen LogP contribution in [0.3, 0.4) is 0 Å². The van der Waals surface area contributed by atoms with Crippen LogP contribution in [0, 0.1) is 6.92 Å². The van der Waals surface area contributed by atoms with Crippen molar-refractivity contribution < 1.29 is 5.11 Å². The number of nitrogens with two attached hydrogens (primary N) is 1. The first-order chi connectivity index (χ1) is 10.7. The molecule has 0 radical (unpaired) electrons. The van der Waals surface area contributed by atoms with E-state index in [0.717, 1.165) is 22.3 Å². The summed E-state index contributed by atoms with van der Waals surface area (Å²) in [6.07, 6.45) is 0. The highest BCUT2D eigenvalue weighted by molar-refractivity contribution is 5.92. The van der Waals surface area contributed by atoms with E-state index in [1.165, 1.54) is 0 Å². The van der Waals surface area contributed by atoms with Crippen LogP contribution in [-0.2, 0) is 0 Å². The van der Waals surface area contributed by atoms with Crippen LogP contribution in [0.4, 0.5) is 5.82 Å². The van der Waals surface area contributed by atoms with E-state index in [1.54, 1.807) is 12.1 Å². The number of benzene rings is 2. The van der Waals surface area contributed by atoms with Crippen LogP contribution in [0.1, 0.15) is 5.56 Å². The van der Waals surface area contributed by atoms with Gasteiger partial charge in [0.2, 0.25) is 0 Å². The quantitative estimate of drug-likeness (QED) is 0.689. The first-order valence-corrected chi connectivity index (χ1v) is 7.20. The summed E-state index contributed by atoms with van der Waals surface area (Å²) in [5.74, 6) is 1.40. The monoisotopic (exact) mass is 294 g/mol. The number of aromatic hydroxyl groups is 1. The van der Waals surface area contributed by atoms with E-state index in [1.807, 2.05) is 37.3 Å². The summed E-state index contributed by atoms with van der Waals surface area (Å²) in [6, 6.07) is 13.0. The van der Waals surface area contributed by atoms with Gasteiger partial charge in [-0.05, 0) is 30.7 Å². The molecule has 1 heterocycles. The van der Waals surface area contributed by atoms with Crippen LogP contribution in [0.5, 0.6) is 5.75 Å². The highest BCUT2D eigenvalue weighted by Gasteiger charge is 2.12. The molecule has 0 saturated heterocycles. The Labute approximate surface area is 128 Å². The van der Waals surface area contributed by atoms with E-state index in [4.69, 9.17) is 5.73 Å². The molecule has 5 heteroatoms. The van der Waals surface area contributed by atoms with Crippen LogP contribution in [0.15, 0.2) is 42.5 Å². The predicted molar refractivity (Wildman–Crippen MR) is 88.9 cm³/mol. The molecule has 0 saturated carbocycles. The van der Waals surface area contributed by atoms with E-state index in [9.17, 15) is 5.11 Å². The Bertz CT molecular complexity index is 817. The molecule has 22 heavy (non-hydrogen) atoms. The molecule has 0 aliphatic rings. The number of phenolic OH excluding ortho intramolecular Hbond substituents is 1. The van der Waals surface area contributed by atoms with Gasteiger partial charge in [0.1, 0.15) is 11.6 Å². The fourth-order valence-electron chi connectivity index (χ4n) is 2.40. The van der Waals surface area contributed by atoms with Crippen LogP contribution >= 0.6 is 0 Å². The molecular formula is C17H18N4O. The maximum Gasteiger partial charge on any atom is 0.165 e. The molecule has 0 aliphatic heterocycles. The number of phenols is 1. The molecule has 2 aromatic carbocycles. The van der Waals surface area contributed by atoms with Gasteiger partial charge in [-0.25, -0.2) is 9.97 Å². The lowest BCUT2D eigenvalue weighted by Gasteiger charge is -2.12. The lowest BCUT2D eigenvalue weighted by molar-refractivity contribution is 0.477. The minimum Gasteiger partial charge on any atom is -0.507 e. The summed E-state index contributed by atoms with van der Waals surface area (Å²) in [6.45, 7) is 3.15. The summed E-state index contributed by atoms with van der Waals surface area (Å²) in [5.41, 5.74) is 8.13. The molecule has 3 aromatic rings. The van der Waals surface area contributed by atoms with Crippen molar-refractivity contribution in [1.82, 2.24) is 9.97 Å². The third-order valence-corrected chi connectivity index (χ3v) is 3.51. The van der Waals surface area contributed by atoms with Gasteiger partial charge in [0.05, 0.1) is 11.1 Å². The van der Waals surface area contributed by atoms with Crippen LogP contribution in [0.25, 0.3) is 22.3 Å². The lowest BCUT2D eigenvalue weighted by Crippen LogP contribution is -2.14. The molecule has 5 nitrogen and oxygen atoms in total. The molecule has 0 aliphatic carbocycles. The molecule has 0 atom stereocenters. The highest BCUT2D eigenvalue weighted by Crippen LogP contribution is 2.30. The Balaban J connectivity index is 2.24. The topological polar surface area (TPSA) is 84.1 Å². The second-order valence-electron chi connectivity index (χ2n) is 5.10. The molecule has 0 bridgehead atoms. The Morgan fingerprint density at radius 2 is 1.91 bits per heavy atom. The van der Waals surface area contributed by atoms with Gasteiger partial charge >= 0.3 is 0 Å². The Morgan fingerprint density at radius 1 is 1.09 bits per heavy atom. The SMILES string of the molecule is Cc1cccc2c(NCCN)nc(-c3ccccc3O)nc12. The molecule has 0 amide bonds. The largest absolute Gasteiger partial charge is 0.507 e. The van der Waals surface area contributed by atoms with Gasteiger partial charge in [0, 0.05) is 18.5 Å². The average molecular weight is 294 g/mol. The molecule has 112 valence electrons. The first kappa shape index (κ1) is 14.3. The number of rotatable bonds is 4. The van der Waals surface area contributed by atoms with Gasteiger partial charge in [-0.15, -0.1) is 0 Å². The number of para-hydroxylation sites is 2.